The van der Waals surface area contributed by atoms with Crippen LogP contribution < -0.4 is 15.0 Å². The molecule has 7 nitrogen and oxygen atoms in total. The molecular formula is C22H35N3O4. The van der Waals surface area contributed by atoms with E-state index in [1.807, 2.05) is 37.8 Å². The van der Waals surface area contributed by atoms with Gasteiger partial charge in [-0.1, -0.05) is 6.42 Å². The van der Waals surface area contributed by atoms with E-state index in [0.29, 0.717) is 13.0 Å². The van der Waals surface area contributed by atoms with Crippen molar-refractivity contribution in [2.24, 2.45) is 0 Å². The largest absolute Gasteiger partial charge is 0.497 e. The van der Waals surface area contributed by atoms with Crippen LogP contribution in [0.4, 0.5) is 10.5 Å². The number of amides is 2. The highest BCUT2D eigenvalue weighted by atomic mass is 16.6. The fourth-order valence-corrected chi connectivity index (χ4v) is 3.25. The maximum atomic E-state index is 12.4. The van der Waals surface area contributed by atoms with Gasteiger partial charge in [-0.3, -0.25) is 4.79 Å². The number of alkyl carbamates (subject to hydrolysis) is 1. The molecule has 7 heteroatoms. The zero-order chi connectivity index (χ0) is 21.3. The highest BCUT2D eigenvalue weighted by molar-refractivity contribution is 5.76. The molecule has 1 saturated heterocycles. The number of anilines is 1. The van der Waals surface area contributed by atoms with Crippen LogP contribution in [-0.4, -0.2) is 62.3 Å². The Morgan fingerprint density at radius 3 is 2.24 bits per heavy atom. The lowest BCUT2D eigenvalue weighted by Gasteiger charge is -2.36. The van der Waals surface area contributed by atoms with Crippen molar-refractivity contribution >= 4 is 17.7 Å². The number of hydrogen-bond donors (Lipinski definition) is 1. The molecule has 0 aliphatic carbocycles. The number of unbranched alkanes of at least 4 members (excludes halogenated alkanes) is 2. The first kappa shape index (κ1) is 22.8. The fourth-order valence-electron chi connectivity index (χ4n) is 3.25. The second-order valence-corrected chi connectivity index (χ2v) is 8.31. The normalized spacial score (nSPS) is 14.5. The molecule has 1 aliphatic heterocycles. The van der Waals surface area contributed by atoms with Gasteiger partial charge in [-0.25, -0.2) is 4.79 Å². The van der Waals surface area contributed by atoms with Crippen molar-refractivity contribution in [2.75, 3.05) is 44.7 Å². The van der Waals surface area contributed by atoms with Crippen molar-refractivity contribution in [2.45, 2.75) is 52.1 Å². The summed E-state index contributed by atoms with van der Waals surface area (Å²) in [5.41, 5.74) is 0.684. The van der Waals surface area contributed by atoms with Gasteiger partial charge in [0, 0.05) is 44.8 Å². The smallest absolute Gasteiger partial charge is 0.407 e. The summed E-state index contributed by atoms with van der Waals surface area (Å²) in [4.78, 5) is 28.2. The number of piperazine rings is 1. The van der Waals surface area contributed by atoms with Crippen molar-refractivity contribution in [3.63, 3.8) is 0 Å². The Morgan fingerprint density at radius 1 is 1.00 bits per heavy atom. The van der Waals surface area contributed by atoms with Crippen LogP contribution in [0.3, 0.4) is 0 Å². The lowest BCUT2D eigenvalue weighted by atomic mass is 10.1. The van der Waals surface area contributed by atoms with E-state index in [2.05, 4.69) is 22.3 Å². The minimum Gasteiger partial charge on any atom is -0.497 e. The molecule has 0 atom stereocenters. The summed E-state index contributed by atoms with van der Waals surface area (Å²) in [5, 5.41) is 2.75. The van der Waals surface area contributed by atoms with Gasteiger partial charge in [-0.05, 0) is 57.9 Å². The van der Waals surface area contributed by atoms with Crippen LogP contribution in [0.1, 0.15) is 46.5 Å². The SMILES string of the molecule is COc1ccc(N2CCN(C(=O)CCCCCNC(=O)OC(C)(C)C)CC2)cc1. The second kappa shape index (κ2) is 10.9. The third-order valence-electron chi connectivity index (χ3n) is 4.81. The fraction of sp³-hybridized carbons (Fsp3) is 0.636. The molecule has 1 N–H and O–H groups in total. The van der Waals surface area contributed by atoms with E-state index in [9.17, 15) is 9.59 Å². The number of carbonyl (C=O) groups excluding carboxylic acids is 2. The van der Waals surface area contributed by atoms with E-state index >= 15 is 0 Å². The Hall–Kier alpha value is -2.44. The molecule has 1 aliphatic rings. The number of carbonyl (C=O) groups is 2. The zero-order valence-electron chi connectivity index (χ0n) is 18.2. The van der Waals surface area contributed by atoms with Gasteiger partial charge in [0.15, 0.2) is 0 Å². The lowest BCUT2D eigenvalue weighted by molar-refractivity contribution is -0.131. The van der Waals surface area contributed by atoms with Gasteiger partial charge in [0.2, 0.25) is 5.91 Å². The average Bonchev–Trinajstić information content (AvgIpc) is 2.69. The van der Waals surface area contributed by atoms with Crippen LogP contribution in [0.15, 0.2) is 24.3 Å². The molecule has 1 aromatic rings. The molecule has 2 rings (SSSR count). The van der Waals surface area contributed by atoms with E-state index in [0.717, 1.165) is 56.9 Å². The maximum Gasteiger partial charge on any atom is 0.407 e. The average molecular weight is 406 g/mol. The first-order valence-electron chi connectivity index (χ1n) is 10.4. The van der Waals surface area contributed by atoms with E-state index in [4.69, 9.17) is 9.47 Å². The molecule has 0 bridgehead atoms. The van der Waals surface area contributed by atoms with Crippen LogP contribution >= 0.6 is 0 Å². The Kier molecular flexibility index (Phi) is 8.61. The van der Waals surface area contributed by atoms with Crippen LogP contribution in [0.5, 0.6) is 5.75 Å². The number of ether oxygens (including phenoxy) is 2. The zero-order valence-corrected chi connectivity index (χ0v) is 18.2. The van der Waals surface area contributed by atoms with E-state index in [-0.39, 0.29) is 12.0 Å². The van der Waals surface area contributed by atoms with Crippen molar-refractivity contribution in [1.29, 1.82) is 0 Å². The molecule has 29 heavy (non-hydrogen) atoms. The Morgan fingerprint density at radius 2 is 1.66 bits per heavy atom. The topological polar surface area (TPSA) is 71.1 Å². The summed E-state index contributed by atoms with van der Waals surface area (Å²) in [6.07, 6.45) is 2.77. The van der Waals surface area contributed by atoms with Crippen LogP contribution in [0.25, 0.3) is 0 Å². The molecule has 0 spiro atoms. The van der Waals surface area contributed by atoms with Gasteiger partial charge < -0.3 is 24.6 Å². The van der Waals surface area contributed by atoms with E-state index in [1.54, 1.807) is 7.11 Å². The van der Waals surface area contributed by atoms with Crippen molar-refractivity contribution in [1.82, 2.24) is 10.2 Å². The number of rotatable bonds is 8. The summed E-state index contributed by atoms with van der Waals surface area (Å²) >= 11 is 0. The highest BCUT2D eigenvalue weighted by Gasteiger charge is 2.21. The van der Waals surface area contributed by atoms with E-state index < -0.39 is 5.60 Å². The molecule has 0 unspecified atom stereocenters. The number of nitrogens with zero attached hydrogens (tertiary/aromatic N) is 2. The van der Waals surface area contributed by atoms with Gasteiger partial charge in [0.05, 0.1) is 7.11 Å². The van der Waals surface area contributed by atoms with Gasteiger partial charge in [0.25, 0.3) is 0 Å². The van der Waals surface area contributed by atoms with Crippen molar-refractivity contribution in [3.05, 3.63) is 24.3 Å². The Bertz CT molecular complexity index is 647. The standard InChI is InChI=1S/C22H35N3O4/c1-22(2,3)29-21(27)23-13-7-5-6-8-20(26)25-16-14-24(15-17-25)18-9-11-19(28-4)12-10-18/h9-12H,5-8,13-17H2,1-4H3,(H,23,27). The van der Waals surface area contributed by atoms with Gasteiger partial charge in [0.1, 0.15) is 11.4 Å². The molecule has 0 saturated carbocycles. The Labute approximate surface area is 174 Å². The molecule has 1 fully saturated rings. The monoisotopic (exact) mass is 405 g/mol. The molecule has 1 heterocycles. The Balaban J connectivity index is 1.58. The van der Waals surface area contributed by atoms with Crippen LogP contribution in [0, 0.1) is 0 Å². The van der Waals surface area contributed by atoms with Crippen LogP contribution in [0.2, 0.25) is 0 Å². The van der Waals surface area contributed by atoms with Gasteiger partial charge in [-0.15, -0.1) is 0 Å². The van der Waals surface area contributed by atoms with Gasteiger partial charge >= 0.3 is 6.09 Å². The summed E-state index contributed by atoms with van der Waals surface area (Å²) in [6.45, 7) is 9.30. The van der Waals surface area contributed by atoms with Crippen molar-refractivity contribution < 1.29 is 19.1 Å². The highest BCUT2D eigenvalue weighted by Crippen LogP contribution is 2.20. The molecule has 162 valence electrons. The maximum absolute atomic E-state index is 12.4. The number of benzene rings is 1. The lowest BCUT2D eigenvalue weighted by Crippen LogP contribution is -2.48. The predicted octanol–water partition coefficient (Wildman–Crippen LogP) is 3.43. The molecule has 1 aromatic carbocycles. The summed E-state index contributed by atoms with van der Waals surface area (Å²) < 4.78 is 10.4. The number of hydrogen-bond acceptors (Lipinski definition) is 5. The molecular weight excluding hydrogens is 370 g/mol. The molecule has 2 amide bonds. The van der Waals surface area contributed by atoms with E-state index in [1.165, 1.54) is 0 Å². The molecule has 0 aromatic heterocycles. The third-order valence-corrected chi connectivity index (χ3v) is 4.81. The van der Waals surface area contributed by atoms with Gasteiger partial charge in [-0.2, -0.15) is 0 Å². The quantitative estimate of drug-likeness (QED) is 0.671. The predicted molar refractivity (Wildman–Crippen MR) is 114 cm³/mol. The van der Waals surface area contributed by atoms with Crippen LogP contribution in [-0.2, 0) is 9.53 Å². The first-order valence-corrected chi connectivity index (χ1v) is 10.4. The summed E-state index contributed by atoms with van der Waals surface area (Å²) in [7, 11) is 1.66. The number of methoxy groups -OCH3 is 1. The number of nitrogens with one attached hydrogen (secondary N) is 1. The van der Waals surface area contributed by atoms with Crippen molar-refractivity contribution in [3.8, 4) is 5.75 Å². The second-order valence-electron chi connectivity index (χ2n) is 8.31. The summed E-state index contributed by atoms with van der Waals surface area (Å²) in [6, 6.07) is 8.04. The molecule has 0 radical (unpaired) electrons. The summed E-state index contributed by atoms with van der Waals surface area (Å²) in [5.74, 6) is 1.07. The minimum atomic E-state index is -0.478. The third kappa shape index (κ3) is 8.21. The first-order chi connectivity index (χ1) is 13.8. The minimum absolute atomic E-state index is 0.222.